The number of carboxylic acids is 1. The van der Waals surface area contributed by atoms with Crippen molar-refractivity contribution in [3.8, 4) is 5.75 Å². The third-order valence-electron chi connectivity index (χ3n) is 5.12. The van der Waals surface area contributed by atoms with Crippen molar-refractivity contribution in [3.05, 3.63) is 59.2 Å². The maximum Gasteiger partial charge on any atom is 0.122 e. The average Bonchev–Trinajstić information content (AvgIpc) is 2.67. The van der Waals surface area contributed by atoms with Crippen molar-refractivity contribution < 1.29 is 14.6 Å². The predicted octanol–water partition coefficient (Wildman–Crippen LogP) is 2.08. The highest BCUT2D eigenvalue weighted by atomic mass is 35.5. The Morgan fingerprint density at radius 2 is 1.87 bits per heavy atom. The Morgan fingerprint density at radius 1 is 1.23 bits per heavy atom. The number of benzene rings is 2. The van der Waals surface area contributed by atoms with Crippen LogP contribution in [0.4, 0.5) is 5.69 Å². The van der Waals surface area contributed by atoms with Gasteiger partial charge in [0.2, 0.25) is 0 Å². The second-order valence-corrected chi connectivity index (χ2v) is 7.59. The molecule has 2 aromatic carbocycles. The number of halogens is 1. The van der Waals surface area contributed by atoms with Crippen LogP contribution in [0.2, 0.25) is 0 Å². The van der Waals surface area contributed by atoms with E-state index in [1.165, 1.54) is 0 Å². The maximum absolute atomic E-state index is 11.9. The molecule has 7 nitrogen and oxygen atoms in total. The van der Waals surface area contributed by atoms with Gasteiger partial charge in [-0.05, 0) is 74.3 Å². The predicted molar refractivity (Wildman–Crippen MR) is 118 cm³/mol. The van der Waals surface area contributed by atoms with Crippen LogP contribution in [-0.2, 0) is 4.79 Å². The number of nitrogen functional groups attached to an aromatic ring is 1. The zero-order valence-corrected chi connectivity index (χ0v) is 18.0. The summed E-state index contributed by atoms with van der Waals surface area (Å²) >= 11 is 0. The molecule has 3 rings (SSSR count). The maximum atomic E-state index is 11.9. The topological polar surface area (TPSA) is 114 Å². The van der Waals surface area contributed by atoms with Crippen molar-refractivity contribution >= 4 is 29.9 Å². The molecule has 1 atom stereocenters. The number of ether oxygens (including phenoxy) is 1. The molecule has 1 unspecified atom stereocenters. The Balaban J connectivity index is 0.00000320. The first-order chi connectivity index (χ1) is 13.8. The van der Waals surface area contributed by atoms with Crippen molar-refractivity contribution in [1.29, 1.82) is 5.41 Å². The second-order valence-electron chi connectivity index (χ2n) is 7.59. The molecular weight excluding hydrogens is 404 g/mol. The Hall–Kier alpha value is -2.77. The summed E-state index contributed by atoms with van der Waals surface area (Å²) in [6.45, 7) is 3.89. The molecule has 1 aliphatic rings. The summed E-state index contributed by atoms with van der Waals surface area (Å²) in [5.41, 5.74) is 8.13. The van der Waals surface area contributed by atoms with Gasteiger partial charge in [-0.3, -0.25) is 5.41 Å². The molecule has 1 fully saturated rings. The Labute approximate surface area is 183 Å². The standard InChI is InChI=1S/C22H28N4O3.ClH/c1-14-11-16(13-19(12-14)29-18-7-9-26(2)10-8-18)20(22(27)28)25-17-5-3-15(4-6-17)21(23)24;/h3-6,11-13,18,20,25H,7-10H2,1-2H3,(H3,23,24)(H,27,28);1H/p-1. The van der Waals surface area contributed by atoms with E-state index in [1.54, 1.807) is 30.3 Å². The summed E-state index contributed by atoms with van der Waals surface area (Å²) < 4.78 is 6.14. The van der Waals surface area contributed by atoms with Crippen molar-refractivity contribution in [2.24, 2.45) is 5.73 Å². The first-order valence-electron chi connectivity index (χ1n) is 9.70. The van der Waals surface area contributed by atoms with Gasteiger partial charge in [0.15, 0.2) is 0 Å². The van der Waals surface area contributed by atoms with Gasteiger partial charge >= 0.3 is 0 Å². The van der Waals surface area contributed by atoms with Crippen LogP contribution < -0.4 is 20.9 Å². The highest BCUT2D eigenvalue weighted by Gasteiger charge is 2.20. The number of nitrogens with zero attached hydrogens (tertiary/aromatic N) is 1. The van der Waals surface area contributed by atoms with Gasteiger partial charge in [-0.15, -0.1) is 12.4 Å². The molecule has 4 N–H and O–H groups in total. The van der Waals surface area contributed by atoms with E-state index in [1.807, 2.05) is 19.1 Å². The van der Waals surface area contributed by atoms with Gasteiger partial charge in [-0.1, -0.05) is 6.07 Å². The van der Waals surface area contributed by atoms with E-state index in [-0.39, 0.29) is 24.3 Å². The molecule has 162 valence electrons. The lowest BCUT2D eigenvalue weighted by Gasteiger charge is -2.30. The van der Waals surface area contributed by atoms with Crippen LogP contribution in [0.3, 0.4) is 0 Å². The van der Waals surface area contributed by atoms with E-state index in [0.29, 0.717) is 22.6 Å². The molecule has 0 amide bonds. The number of likely N-dealkylation sites (tertiary alicyclic amines) is 1. The lowest BCUT2D eigenvalue weighted by atomic mass is 10.0. The monoisotopic (exact) mass is 431 g/mol. The van der Waals surface area contributed by atoms with Crippen LogP contribution in [0.5, 0.6) is 5.75 Å². The number of anilines is 1. The number of carbonyl (C=O) groups excluding carboxylic acids is 1. The molecule has 30 heavy (non-hydrogen) atoms. The first-order valence-corrected chi connectivity index (χ1v) is 9.70. The van der Waals surface area contributed by atoms with Crippen LogP contribution in [0, 0.1) is 12.3 Å². The fourth-order valence-electron chi connectivity index (χ4n) is 3.50. The molecule has 1 heterocycles. The zero-order chi connectivity index (χ0) is 21.0. The average molecular weight is 432 g/mol. The Kier molecular flexibility index (Phi) is 8.08. The zero-order valence-electron chi connectivity index (χ0n) is 17.2. The molecule has 0 spiro atoms. The number of aliphatic carboxylic acids is 1. The minimum atomic E-state index is -1.23. The van der Waals surface area contributed by atoms with E-state index >= 15 is 0 Å². The van der Waals surface area contributed by atoms with E-state index in [4.69, 9.17) is 15.9 Å². The van der Waals surface area contributed by atoms with Crippen LogP contribution in [0.1, 0.15) is 35.6 Å². The van der Waals surface area contributed by atoms with Crippen molar-refractivity contribution in [3.63, 3.8) is 0 Å². The fraction of sp³-hybridized carbons (Fsp3) is 0.364. The number of hydrogen-bond acceptors (Lipinski definition) is 6. The number of hydrogen-bond donors (Lipinski definition) is 3. The van der Waals surface area contributed by atoms with E-state index < -0.39 is 12.0 Å². The van der Waals surface area contributed by atoms with Crippen molar-refractivity contribution in [2.45, 2.75) is 31.9 Å². The van der Waals surface area contributed by atoms with Gasteiger partial charge in [0, 0.05) is 24.3 Å². The molecule has 0 saturated carbocycles. The summed E-state index contributed by atoms with van der Waals surface area (Å²) in [6.07, 6.45) is 2.03. The van der Waals surface area contributed by atoms with Crippen molar-refractivity contribution in [1.82, 2.24) is 4.90 Å². The molecule has 1 aliphatic heterocycles. The van der Waals surface area contributed by atoms with E-state index in [2.05, 4.69) is 17.3 Å². The Bertz CT molecular complexity index is 880. The smallest absolute Gasteiger partial charge is 0.122 e. The van der Waals surface area contributed by atoms with Gasteiger partial charge in [0.25, 0.3) is 0 Å². The fourth-order valence-corrected chi connectivity index (χ4v) is 3.50. The molecule has 0 radical (unpaired) electrons. The highest BCUT2D eigenvalue weighted by Crippen LogP contribution is 2.27. The van der Waals surface area contributed by atoms with Crippen LogP contribution in [0.25, 0.3) is 0 Å². The number of carboxylic acid groups (broad SMARTS) is 1. The second kappa shape index (κ2) is 10.3. The number of rotatable bonds is 7. The highest BCUT2D eigenvalue weighted by molar-refractivity contribution is 5.95. The first kappa shape index (κ1) is 23.5. The number of nitrogens with one attached hydrogen (secondary N) is 2. The van der Waals surface area contributed by atoms with Crippen LogP contribution in [-0.4, -0.2) is 42.9 Å². The number of piperidine rings is 1. The minimum Gasteiger partial charge on any atom is -0.548 e. The summed E-state index contributed by atoms with van der Waals surface area (Å²) in [5.74, 6) is -0.589. The summed E-state index contributed by atoms with van der Waals surface area (Å²) in [4.78, 5) is 14.1. The third kappa shape index (κ3) is 6.11. The molecule has 8 heteroatoms. The van der Waals surface area contributed by atoms with Crippen LogP contribution >= 0.6 is 12.4 Å². The van der Waals surface area contributed by atoms with Gasteiger partial charge in [0.05, 0.1) is 12.0 Å². The Morgan fingerprint density at radius 3 is 2.43 bits per heavy atom. The number of aryl methyl sites for hydroxylation is 1. The van der Waals surface area contributed by atoms with Gasteiger partial charge in [0.1, 0.15) is 17.7 Å². The van der Waals surface area contributed by atoms with Gasteiger partial charge < -0.3 is 30.6 Å². The molecule has 0 bridgehead atoms. The van der Waals surface area contributed by atoms with Crippen molar-refractivity contribution in [2.75, 3.05) is 25.5 Å². The molecule has 2 aromatic rings. The SMILES string of the molecule is Cc1cc(OC2CCN(C)CC2)cc(C(Nc2ccc(C(=N)N)cc2)C(=O)[O-])c1.Cl. The summed E-state index contributed by atoms with van der Waals surface area (Å²) in [7, 11) is 2.10. The van der Waals surface area contributed by atoms with E-state index in [0.717, 1.165) is 31.5 Å². The van der Waals surface area contributed by atoms with Gasteiger partial charge in [-0.2, -0.15) is 0 Å². The van der Waals surface area contributed by atoms with Crippen LogP contribution in [0.15, 0.2) is 42.5 Å². The number of amidine groups is 1. The quantitative estimate of drug-likeness (QED) is 0.456. The van der Waals surface area contributed by atoms with Gasteiger partial charge in [-0.25, -0.2) is 0 Å². The largest absolute Gasteiger partial charge is 0.548 e. The number of carbonyl (C=O) groups is 1. The lowest BCUT2D eigenvalue weighted by Crippen LogP contribution is -2.36. The van der Waals surface area contributed by atoms with E-state index in [9.17, 15) is 9.90 Å². The molecule has 0 aliphatic carbocycles. The normalized spacial score (nSPS) is 15.7. The molecule has 1 saturated heterocycles. The molecule has 0 aromatic heterocycles. The third-order valence-corrected chi connectivity index (χ3v) is 5.12. The summed E-state index contributed by atoms with van der Waals surface area (Å²) in [6, 6.07) is 11.2. The number of nitrogens with two attached hydrogens (primary N) is 1. The minimum absolute atomic E-state index is 0. The summed E-state index contributed by atoms with van der Waals surface area (Å²) in [5, 5.41) is 22.3. The molecular formula is C22H28ClN4O3-. The lowest BCUT2D eigenvalue weighted by molar-refractivity contribution is -0.307.